The monoisotopic (exact) mass is 310 g/mol. The van der Waals surface area contributed by atoms with Crippen LogP contribution in [0.3, 0.4) is 0 Å². The molecule has 1 rings (SSSR count). The third-order valence-corrected chi connectivity index (χ3v) is 4.21. The maximum atomic E-state index is 4.37. The van der Waals surface area contributed by atoms with E-state index in [1.165, 1.54) is 16.3 Å². The molecule has 0 spiro atoms. The number of guanidine groups is 1. The Kier molecular flexibility index (Phi) is 7.15. The number of aromatic nitrogens is 1. The van der Waals surface area contributed by atoms with Gasteiger partial charge in [-0.05, 0) is 32.1 Å². The van der Waals surface area contributed by atoms with Crippen molar-refractivity contribution in [1.29, 1.82) is 0 Å². The summed E-state index contributed by atoms with van der Waals surface area (Å²) in [5, 5.41) is 7.99. The second kappa shape index (κ2) is 8.37. The molecule has 1 unspecified atom stereocenters. The van der Waals surface area contributed by atoms with Crippen LogP contribution in [0, 0.1) is 12.3 Å². The van der Waals surface area contributed by atoms with E-state index < -0.39 is 0 Å². The molecule has 0 aliphatic heterocycles. The van der Waals surface area contributed by atoms with Crippen LogP contribution in [0.15, 0.2) is 11.2 Å². The number of hydrogen-bond donors (Lipinski definition) is 2. The number of thiazole rings is 1. The van der Waals surface area contributed by atoms with Crippen molar-refractivity contribution in [2.75, 3.05) is 13.6 Å². The predicted molar refractivity (Wildman–Crippen MR) is 93.2 cm³/mol. The van der Waals surface area contributed by atoms with Crippen LogP contribution in [0.25, 0.3) is 0 Å². The minimum atomic E-state index is 0.385. The summed E-state index contributed by atoms with van der Waals surface area (Å²) < 4.78 is 0. The van der Waals surface area contributed by atoms with Crippen LogP contribution in [0.2, 0.25) is 0 Å². The zero-order valence-corrected chi connectivity index (χ0v) is 15.1. The Morgan fingerprint density at radius 1 is 1.43 bits per heavy atom. The van der Waals surface area contributed by atoms with E-state index in [-0.39, 0.29) is 0 Å². The van der Waals surface area contributed by atoms with Crippen LogP contribution < -0.4 is 10.6 Å². The lowest BCUT2D eigenvalue weighted by Gasteiger charge is -2.23. The molecule has 0 saturated carbocycles. The quantitative estimate of drug-likeness (QED) is 0.625. The van der Waals surface area contributed by atoms with E-state index >= 15 is 0 Å². The maximum absolute atomic E-state index is 4.37. The van der Waals surface area contributed by atoms with E-state index in [2.05, 4.69) is 55.2 Å². The van der Waals surface area contributed by atoms with E-state index in [1.807, 2.05) is 13.2 Å². The van der Waals surface area contributed by atoms with Gasteiger partial charge in [-0.25, -0.2) is 4.98 Å². The highest BCUT2D eigenvalue weighted by Crippen LogP contribution is 2.21. The van der Waals surface area contributed by atoms with Crippen molar-refractivity contribution >= 4 is 17.3 Å². The number of aryl methyl sites for hydroxylation is 1. The summed E-state index contributed by atoms with van der Waals surface area (Å²) in [6, 6.07) is 0.428. The fourth-order valence-electron chi connectivity index (χ4n) is 1.95. The van der Waals surface area contributed by atoms with Gasteiger partial charge in [0.25, 0.3) is 0 Å². The van der Waals surface area contributed by atoms with Crippen molar-refractivity contribution < 1.29 is 0 Å². The molecule has 1 aromatic heterocycles. The molecule has 0 saturated heterocycles. The largest absolute Gasteiger partial charge is 0.356 e. The SMILES string of the molecule is CN=C(NCCc1ncc(C)s1)NC(C)CCC(C)(C)C. The van der Waals surface area contributed by atoms with E-state index in [0.29, 0.717) is 11.5 Å². The van der Waals surface area contributed by atoms with Crippen LogP contribution in [0.4, 0.5) is 0 Å². The molecular formula is C16H30N4S. The van der Waals surface area contributed by atoms with Gasteiger partial charge in [-0.3, -0.25) is 4.99 Å². The van der Waals surface area contributed by atoms with Crippen molar-refractivity contribution in [3.8, 4) is 0 Å². The van der Waals surface area contributed by atoms with Crippen LogP contribution in [-0.4, -0.2) is 30.6 Å². The Morgan fingerprint density at radius 2 is 2.14 bits per heavy atom. The Morgan fingerprint density at radius 3 is 2.67 bits per heavy atom. The molecule has 5 heteroatoms. The third kappa shape index (κ3) is 8.05. The fraction of sp³-hybridized carbons (Fsp3) is 0.750. The number of nitrogens with one attached hydrogen (secondary N) is 2. The zero-order valence-electron chi connectivity index (χ0n) is 14.3. The first-order valence-corrected chi connectivity index (χ1v) is 8.50. The highest BCUT2D eigenvalue weighted by atomic mass is 32.1. The first-order chi connectivity index (χ1) is 9.80. The molecule has 2 N–H and O–H groups in total. The first kappa shape index (κ1) is 18.0. The van der Waals surface area contributed by atoms with Crippen LogP contribution in [0.1, 0.15) is 50.4 Å². The van der Waals surface area contributed by atoms with Gasteiger partial charge in [0.2, 0.25) is 0 Å². The number of hydrogen-bond acceptors (Lipinski definition) is 3. The summed E-state index contributed by atoms with van der Waals surface area (Å²) in [6.45, 7) is 12.0. The lowest BCUT2D eigenvalue weighted by atomic mass is 9.89. The normalized spacial score (nSPS) is 14.1. The van der Waals surface area contributed by atoms with Crippen molar-refractivity contribution in [2.45, 2.75) is 59.9 Å². The van der Waals surface area contributed by atoms with Gasteiger partial charge in [-0.15, -0.1) is 11.3 Å². The van der Waals surface area contributed by atoms with Crippen LogP contribution in [0.5, 0.6) is 0 Å². The summed E-state index contributed by atoms with van der Waals surface area (Å²) in [4.78, 5) is 9.93. The maximum Gasteiger partial charge on any atom is 0.191 e. The third-order valence-electron chi connectivity index (χ3n) is 3.23. The molecule has 0 radical (unpaired) electrons. The zero-order chi connectivity index (χ0) is 15.9. The summed E-state index contributed by atoms with van der Waals surface area (Å²) >= 11 is 1.76. The van der Waals surface area contributed by atoms with Crippen molar-refractivity contribution in [1.82, 2.24) is 15.6 Å². The van der Waals surface area contributed by atoms with Gasteiger partial charge in [-0.1, -0.05) is 20.8 Å². The minimum Gasteiger partial charge on any atom is -0.356 e. The second-order valence-corrected chi connectivity index (χ2v) is 8.08. The number of rotatable bonds is 6. The molecule has 4 nitrogen and oxygen atoms in total. The molecule has 1 atom stereocenters. The van der Waals surface area contributed by atoms with Gasteiger partial charge in [0.1, 0.15) is 0 Å². The fourth-order valence-corrected chi connectivity index (χ4v) is 2.74. The molecule has 0 aromatic carbocycles. The van der Waals surface area contributed by atoms with Crippen molar-refractivity contribution in [3.05, 3.63) is 16.1 Å². The van der Waals surface area contributed by atoms with Gasteiger partial charge in [0.05, 0.1) is 5.01 Å². The van der Waals surface area contributed by atoms with Gasteiger partial charge in [0.15, 0.2) is 5.96 Å². The first-order valence-electron chi connectivity index (χ1n) is 7.68. The van der Waals surface area contributed by atoms with Gasteiger partial charge in [0, 0.05) is 37.1 Å². The van der Waals surface area contributed by atoms with Crippen molar-refractivity contribution in [2.24, 2.45) is 10.4 Å². The van der Waals surface area contributed by atoms with E-state index in [9.17, 15) is 0 Å². The Hall–Kier alpha value is -1.10. The summed E-state index contributed by atoms with van der Waals surface area (Å²) in [6.07, 6.45) is 5.23. The summed E-state index contributed by atoms with van der Waals surface area (Å²) in [7, 11) is 1.82. The van der Waals surface area contributed by atoms with E-state index in [4.69, 9.17) is 0 Å². The highest BCUT2D eigenvalue weighted by molar-refractivity contribution is 7.11. The van der Waals surface area contributed by atoms with Gasteiger partial charge >= 0.3 is 0 Å². The highest BCUT2D eigenvalue weighted by Gasteiger charge is 2.13. The number of aliphatic imine (C=N–C) groups is 1. The molecule has 0 amide bonds. The molecular weight excluding hydrogens is 280 g/mol. The molecule has 1 aromatic rings. The second-order valence-electron chi connectivity index (χ2n) is 6.76. The Labute approximate surface area is 133 Å². The molecule has 1 heterocycles. The molecule has 0 fully saturated rings. The molecule has 21 heavy (non-hydrogen) atoms. The molecule has 0 aliphatic carbocycles. The topological polar surface area (TPSA) is 49.3 Å². The standard InChI is InChI=1S/C16H30N4S/c1-12(7-9-16(3,4)5)20-15(17-6)18-10-8-14-19-11-13(2)21-14/h11-12H,7-10H2,1-6H3,(H2,17,18,20). The molecule has 0 aliphatic rings. The van der Waals surface area contributed by atoms with Crippen LogP contribution in [-0.2, 0) is 6.42 Å². The Balaban J connectivity index is 2.28. The summed E-state index contributed by atoms with van der Waals surface area (Å²) in [5.41, 5.74) is 0.385. The van der Waals surface area contributed by atoms with Gasteiger partial charge < -0.3 is 10.6 Å². The smallest absolute Gasteiger partial charge is 0.191 e. The lowest BCUT2D eigenvalue weighted by Crippen LogP contribution is -2.43. The average molecular weight is 311 g/mol. The minimum absolute atomic E-state index is 0.385. The molecule has 0 bridgehead atoms. The number of nitrogens with zero attached hydrogens (tertiary/aromatic N) is 2. The lowest BCUT2D eigenvalue weighted by molar-refractivity contribution is 0.346. The van der Waals surface area contributed by atoms with Gasteiger partial charge in [-0.2, -0.15) is 0 Å². The molecule has 120 valence electrons. The van der Waals surface area contributed by atoms with Crippen molar-refractivity contribution in [3.63, 3.8) is 0 Å². The predicted octanol–water partition coefficient (Wildman–Crippen LogP) is 3.37. The van der Waals surface area contributed by atoms with Crippen LogP contribution >= 0.6 is 11.3 Å². The average Bonchev–Trinajstić information content (AvgIpc) is 2.80. The summed E-state index contributed by atoms with van der Waals surface area (Å²) in [5.74, 6) is 0.879. The van der Waals surface area contributed by atoms with E-state index in [0.717, 1.165) is 25.3 Å². The van der Waals surface area contributed by atoms with E-state index in [1.54, 1.807) is 11.3 Å². The Bertz CT molecular complexity index is 445.